The van der Waals surface area contributed by atoms with Gasteiger partial charge in [0.15, 0.2) is 0 Å². The molecule has 0 aromatic rings. The molecule has 1 aliphatic rings. The SMILES string of the molecule is C[C@@H]1COC[C@H](C(=O)O)N1.Cl. The van der Waals surface area contributed by atoms with Gasteiger partial charge in [-0.15, -0.1) is 12.4 Å². The third-order valence-corrected chi connectivity index (χ3v) is 1.44. The smallest absolute Gasteiger partial charge is 0.323 e. The van der Waals surface area contributed by atoms with Gasteiger partial charge in [-0.3, -0.25) is 10.1 Å². The molecular formula is C6H12ClNO3. The molecule has 0 amide bonds. The van der Waals surface area contributed by atoms with Crippen molar-refractivity contribution < 1.29 is 14.6 Å². The van der Waals surface area contributed by atoms with Gasteiger partial charge >= 0.3 is 5.97 Å². The van der Waals surface area contributed by atoms with Crippen LogP contribution in [0.4, 0.5) is 0 Å². The molecule has 2 N–H and O–H groups in total. The molecule has 1 saturated heterocycles. The van der Waals surface area contributed by atoms with E-state index in [2.05, 4.69) is 5.32 Å². The van der Waals surface area contributed by atoms with E-state index in [0.29, 0.717) is 6.61 Å². The fraction of sp³-hybridized carbons (Fsp3) is 0.833. The first-order chi connectivity index (χ1) is 4.70. The summed E-state index contributed by atoms with van der Waals surface area (Å²) >= 11 is 0. The molecule has 5 heteroatoms. The van der Waals surface area contributed by atoms with E-state index in [1.807, 2.05) is 6.92 Å². The summed E-state index contributed by atoms with van der Waals surface area (Å²) in [6.45, 7) is 2.78. The molecular weight excluding hydrogens is 170 g/mol. The first-order valence-corrected chi connectivity index (χ1v) is 3.26. The van der Waals surface area contributed by atoms with Crippen LogP contribution in [0.15, 0.2) is 0 Å². The number of ether oxygens (including phenoxy) is 1. The fourth-order valence-electron chi connectivity index (χ4n) is 0.945. The van der Waals surface area contributed by atoms with Gasteiger partial charge in [0.2, 0.25) is 0 Å². The van der Waals surface area contributed by atoms with E-state index in [1.165, 1.54) is 0 Å². The molecule has 0 unspecified atom stereocenters. The van der Waals surface area contributed by atoms with E-state index in [-0.39, 0.29) is 25.1 Å². The summed E-state index contributed by atoms with van der Waals surface area (Å²) in [5.74, 6) is -0.841. The molecule has 66 valence electrons. The Morgan fingerprint density at radius 1 is 1.64 bits per heavy atom. The van der Waals surface area contributed by atoms with E-state index in [0.717, 1.165) is 0 Å². The fourth-order valence-corrected chi connectivity index (χ4v) is 0.945. The molecule has 1 rings (SSSR count). The quantitative estimate of drug-likeness (QED) is 0.592. The Hall–Kier alpha value is -0.320. The van der Waals surface area contributed by atoms with Crippen LogP contribution in [-0.2, 0) is 9.53 Å². The molecule has 0 bridgehead atoms. The molecule has 1 fully saturated rings. The third kappa shape index (κ3) is 3.05. The Morgan fingerprint density at radius 2 is 2.27 bits per heavy atom. The zero-order chi connectivity index (χ0) is 7.56. The standard InChI is InChI=1S/C6H11NO3.ClH/c1-4-2-10-3-5(7-4)6(8)9;/h4-5,7H,2-3H2,1H3,(H,8,9);1H/t4-,5-;/m1./s1. The minimum atomic E-state index is -0.841. The van der Waals surface area contributed by atoms with Crippen LogP contribution in [0.1, 0.15) is 6.92 Å². The Balaban J connectivity index is 0.000001000. The number of carboxylic acids is 1. The summed E-state index contributed by atoms with van der Waals surface area (Å²) in [4.78, 5) is 10.4. The molecule has 1 heterocycles. The largest absolute Gasteiger partial charge is 0.480 e. The van der Waals surface area contributed by atoms with Crippen molar-refractivity contribution in [2.45, 2.75) is 19.0 Å². The lowest BCUT2D eigenvalue weighted by molar-refractivity contribution is -0.143. The van der Waals surface area contributed by atoms with Gasteiger partial charge in [-0.05, 0) is 6.92 Å². The number of hydrogen-bond donors (Lipinski definition) is 2. The van der Waals surface area contributed by atoms with Crippen molar-refractivity contribution in [2.75, 3.05) is 13.2 Å². The van der Waals surface area contributed by atoms with Gasteiger partial charge in [0, 0.05) is 6.04 Å². The van der Waals surface area contributed by atoms with Crippen molar-refractivity contribution in [3.05, 3.63) is 0 Å². The van der Waals surface area contributed by atoms with Crippen LogP contribution in [0, 0.1) is 0 Å². The zero-order valence-corrected chi connectivity index (χ0v) is 7.06. The summed E-state index contributed by atoms with van der Waals surface area (Å²) in [7, 11) is 0. The van der Waals surface area contributed by atoms with E-state index in [1.54, 1.807) is 0 Å². The maximum Gasteiger partial charge on any atom is 0.323 e. The van der Waals surface area contributed by atoms with Gasteiger partial charge in [0.1, 0.15) is 6.04 Å². The molecule has 0 saturated carbocycles. The van der Waals surface area contributed by atoms with Gasteiger partial charge < -0.3 is 9.84 Å². The van der Waals surface area contributed by atoms with Gasteiger partial charge in [0.25, 0.3) is 0 Å². The first-order valence-electron chi connectivity index (χ1n) is 3.26. The molecule has 0 aromatic heterocycles. The van der Waals surface area contributed by atoms with Crippen LogP contribution in [0.3, 0.4) is 0 Å². The average molecular weight is 182 g/mol. The molecule has 4 nitrogen and oxygen atoms in total. The van der Waals surface area contributed by atoms with Crippen LogP contribution in [0.25, 0.3) is 0 Å². The number of carbonyl (C=O) groups is 1. The van der Waals surface area contributed by atoms with Gasteiger partial charge in [-0.2, -0.15) is 0 Å². The molecule has 0 radical (unpaired) electrons. The molecule has 11 heavy (non-hydrogen) atoms. The van der Waals surface area contributed by atoms with Crippen molar-refractivity contribution in [3.63, 3.8) is 0 Å². The maximum atomic E-state index is 10.4. The molecule has 1 aliphatic heterocycles. The highest BCUT2D eigenvalue weighted by Crippen LogP contribution is 1.98. The Kier molecular flexibility index (Phi) is 4.40. The van der Waals surface area contributed by atoms with Crippen molar-refractivity contribution in [1.29, 1.82) is 0 Å². The van der Waals surface area contributed by atoms with Crippen LogP contribution in [-0.4, -0.2) is 36.4 Å². The second kappa shape index (κ2) is 4.54. The van der Waals surface area contributed by atoms with E-state index < -0.39 is 12.0 Å². The first kappa shape index (κ1) is 10.7. The molecule has 0 spiro atoms. The van der Waals surface area contributed by atoms with Gasteiger partial charge in [-0.25, -0.2) is 0 Å². The zero-order valence-electron chi connectivity index (χ0n) is 6.24. The Morgan fingerprint density at radius 3 is 2.64 bits per heavy atom. The van der Waals surface area contributed by atoms with Gasteiger partial charge in [-0.1, -0.05) is 0 Å². The van der Waals surface area contributed by atoms with E-state index >= 15 is 0 Å². The van der Waals surface area contributed by atoms with Crippen molar-refractivity contribution in [2.24, 2.45) is 0 Å². The number of nitrogens with one attached hydrogen (secondary N) is 1. The van der Waals surface area contributed by atoms with Crippen molar-refractivity contribution >= 4 is 18.4 Å². The van der Waals surface area contributed by atoms with Crippen LogP contribution < -0.4 is 5.32 Å². The predicted molar refractivity (Wildman–Crippen MR) is 42.1 cm³/mol. The lowest BCUT2D eigenvalue weighted by Crippen LogP contribution is -2.51. The lowest BCUT2D eigenvalue weighted by Gasteiger charge is -2.25. The normalized spacial score (nSPS) is 30.6. The Bertz CT molecular complexity index is 142. The molecule has 2 atom stereocenters. The second-order valence-electron chi connectivity index (χ2n) is 2.50. The van der Waals surface area contributed by atoms with Crippen LogP contribution in [0.2, 0.25) is 0 Å². The minimum absolute atomic E-state index is 0. The van der Waals surface area contributed by atoms with E-state index in [4.69, 9.17) is 9.84 Å². The van der Waals surface area contributed by atoms with Crippen LogP contribution in [0.5, 0.6) is 0 Å². The average Bonchev–Trinajstić information content (AvgIpc) is 1.88. The number of halogens is 1. The minimum Gasteiger partial charge on any atom is -0.480 e. The summed E-state index contributed by atoms with van der Waals surface area (Å²) in [6.07, 6.45) is 0. The second-order valence-corrected chi connectivity index (χ2v) is 2.50. The summed E-state index contributed by atoms with van der Waals surface area (Å²) < 4.78 is 5.01. The molecule has 0 aromatic carbocycles. The number of carboxylic acid groups (broad SMARTS) is 1. The highest BCUT2D eigenvalue weighted by molar-refractivity contribution is 5.85. The summed E-state index contributed by atoms with van der Waals surface area (Å²) in [5, 5.41) is 11.4. The monoisotopic (exact) mass is 181 g/mol. The maximum absolute atomic E-state index is 10.4. The van der Waals surface area contributed by atoms with Crippen molar-refractivity contribution in [3.8, 4) is 0 Å². The highest BCUT2D eigenvalue weighted by atomic mass is 35.5. The topological polar surface area (TPSA) is 58.6 Å². The van der Waals surface area contributed by atoms with E-state index in [9.17, 15) is 4.79 Å². The van der Waals surface area contributed by atoms with Crippen LogP contribution >= 0.6 is 12.4 Å². The van der Waals surface area contributed by atoms with Crippen molar-refractivity contribution in [1.82, 2.24) is 5.32 Å². The van der Waals surface area contributed by atoms with Gasteiger partial charge in [0.05, 0.1) is 13.2 Å². The number of morpholine rings is 1. The number of aliphatic carboxylic acids is 1. The Labute approximate surface area is 71.3 Å². The number of hydrogen-bond acceptors (Lipinski definition) is 3. The summed E-state index contributed by atoms with van der Waals surface area (Å²) in [6, 6.07) is -0.376. The third-order valence-electron chi connectivity index (χ3n) is 1.44. The molecule has 0 aliphatic carbocycles. The lowest BCUT2D eigenvalue weighted by atomic mass is 10.2. The number of rotatable bonds is 1. The summed E-state index contributed by atoms with van der Waals surface area (Å²) in [5.41, 5.74) is 0. The predicted octanol–water partition coefficient (Wildman–Crippen LogP) is -0.130. The highest BCUT2D eigenvalue weighted by Gasteiger charge is 2.23.